The number of ether oxygens (including phenoxy) is 1. The third-order valence-corrected chi connectivity index (χ3v) is 4.89. The molecule has 0 aliphatic rings. The van der Waals surface area contributed by atoms with E-state index in [4.69, 9.17) is 4.74 Å². The molecule has 0 saturated heterocycles. The summed E-state index contributed by atoms with van der Waals surface area (Å²) in [5.74, 6) is -2.81. The van der Waals surface area contributed by atoms with Crippen LogP contribution in [0.2, 0.25) is 0 Å². The Morgan fingerprint density at radius 3 is 2.27 bits per heavy atom. The van der Waals surface area contributed by atoms with Crippen LogP contribution in [-0.2, 0) is 16.1 Å². The SMILES string of the molecule is CC(C)(C)C(=O)OCc1cc2c([SiH2]O)c(O)c(O)c(O)c2cc1[N+](=O)[O-]. The molecule has 2 rings (SSSR count). The monoisotopic (exact) mass is 381 g/mol. The summed E-state index contributed by atoms with van der Waals surface area (Å²) in [5.41, 5.74) is -1.18. The maximum atomic E-state index is 11.9. The van der Waals surface area contributed by atoms with Crippen LogP contribution in [0.5, 0.6) is 17.2 Å². The molecule has 9 nitrogen and oxygen atoms in total. The molecular weight excluding hydrogens is 362 g/mol. The first-order chi connectivity index (χ1) is 12.0. The highest BCUT2D eigenvalue weighted by Crippen LogP contribution is 2.41. The summed E-state index contributed by atoms with van der Waals surface area (Å²) in [7, 11) is -2.00. The van der Waals surface area contributed by atoms with Crippen LogP contribution < -0.4 is 5.19 Å². The van der Waals surface area contributed by atoms with Gasteiger partial charge in [-0.15, -0.1) is 0 Å². The molecule has 26 heavy (non-hydrogen) atoms. The average molecular weight is 381 g/mol. The number of benzene rings is 2. The number of phenols is 3. The van der Waals surface area contributed by atoms with E-state index in [2.05, 4.69) is 0 Å². The summed E-state index contributed by atoms with van der Waals surface area (Å²) in [6.45, 7) is 4.52. The quantitative estimate of drug-likeness (QED) is 0.198. The standard InChI is InChI=1S/C16H19NO8Si/c1-16(2,3)15(21)25-6-7-4-9-8(5-10(7)17(22)23)11(18)12(19)13(20)14(9)26-24/h4-5,18-20,24H,6,26H2,1-3H3. The van der Waals surface area contributed by atoms with E-state index in [9.17, 15) is 35.0 Å². The molecule has 0 unspecified atom stereocenters. The van der Waals surface area contributed by atoms with E-state index < -0.39 is 55.6 Å². The summed E-state index contributed by atoms with van der Waals surface area (Å²) in [5, 5.41) is 41.1. The van der Waals surface area contributed by atoms with Gasteiger partial charge < -0.3 is 24.9 Å². The summed E-state index contributed by atoms with van der Waals surface area (Å²) in [4.78, 5) is 32.2. The molecule has 0 bridgehead atoms. The van der Waals surface area contributed by atoms with E-state index in [-0.39, 0.29) is 21.5 Å². The summed E-state index contributed by atoms with van der Waals surface area (Å²) >= 11 is 0. The number of hydrogen-bond donors (Lipinski definition) is 4. The minimum atomic E-state index is -2.00. The molecule has 4 N–H and O–H groups in total. The average Bonchev–Trinajstić information content (AvgIpc) is 2.56. The van der Waals surface area contributed by atoms with Crippen molar-refractivity contribution in [1.82, 2.24) is 0 Å². The van der Waals surface area contributed by atoms with Crippen molar-refractivity contribution < 1.29 is 34.6 Å². The Morgan fingerprint density at radius 2 is 1.77 bits per heavy atom. The van der Waals surface area contributed by atoms with Crippen molar-refractivity contribution in [2.75, 3.05) is 0 Å². The van der Waals surface area contributed by atoms with Crippen molar-refractivity contribution in [1.29, 1.82) is 0 Å². The van der Waals surface area contributed by atoms with Crippen LogP contribution in [0.4, 0.5) is 5.69 Å². The second kappa shape index (κ2) is 6.81. The van der Waals surface area contributed by atoms with E-state index in [1.165, 1.54) is 6.07 Å². The number of phenolic OH excluding ortho intramolecular Hbond substituents is 3. The zero-order valence-corrected chi connectivity index (χ0v) is 15.9. The van der Waals surface area contributed by atoms with E-state index in [0.717, 1.165) is 6.07 Å². The number of aromatic hydroxyl groups is 3. The lowest BCUT2D eigenvalue weighted by molar-refractivity contribution is -0.385. The Bertz CT molecular complexity index is 904. The van der Waals surface area contributed by atoms with Crippen LogP contribution in [0.25, 0.3) is 10.8 Å². The van der Waals surface area contributed by atoms with Gasteiger partial charge in [0.25, 0.3) is 5.69 Å². The van der Waals surface area contributed by atoms with Crippen LogP contribution >= 0.6 is 0 Å². The molecule has 0 aromatic heterocycles. The minimum absolute atomic E-state index is 0.0218. The Labute approximate surface area is 150 Å². The smallest absolute Gasteiger partial charge is 0.311 e. The number of nitro benzene ring substituents is 1. The van der Waals surface area contributed by atoms with Crippen molar-refractivity contribution in [3.63, 3.8) is 0 Å². The van der Waals surface area contributed by atoms with Crippen molar-refractivity contribution in [3.8, 4) is 17.2 Å². The van der Waals surface area contributed by atoms with Gasteiger partial charge in [0.2, 0.25) is 5.75 Å². The van der Waals surface area contributed by atoms with Gasteiger partial charge in [-0.1, -0.05) is 0 Å². The van der Waals surface area contributed by atoms with Crippen molar-refractivity contribution in [2.45, 2.75) is 27.4 Å². The fourth-order valence-corrected chi connectivity index (χ4v) is 3.17. The van der Waals surface area contributed by atoms with Gasteiger partial charge in [0.15, 0.2) is 21.3 Å². The molecule has 10 heteroatoms. The number of nitrogens with zero attached hydrogens (tertiary/aromatic N) is 1. The first kappa shape index (κ1) is 19.5. The van der Waals surface area contributed by atoms with Gasteiger partial charge in [-0.2, -0.15) is 0 Å². The minimum Gasteiger partial charge on any atom is -0.504 e. The number of fused-ring (bicyclic) bond motifs is 1. The fraction of sp³-hybridized carbons (Fsp3) is 0.312. The third-order valence-electron chi connectivity index (χ3n) is 3.86. The van der Waals surface area contributed by atoms with Crippen LogP contribution in [0, 0.1) is 15.5 Å². The molecule has 0 amide bonds. The van der Waals surface area contributed by atoms with E-state index in [0.29, 0.717) is 0 Å². The number of carbonyl (C=O) groups excluding carboxylic acids is 1. The Morgan fingerprint density at radius 1 is 1.15 bits per heavy atom. The molecule has 0 fully saturated rings. The van der Waals surface area contributed by atoms with Gasteiger partial charge in [0.1, 0.15) is 6.61 Å². The van der Waals surface area contributed by atoms with E-state index >= 15 is 0 Å². The van der Waals surface area contributed by atoms with Crippen molar-refractivity contribution >= 4 is 37.4 Å². The number of rotatable bonds is 4. The molecule has 0 spiro atoms. The third kappa shape index (κ3) is 3.41. The molecule has 140 valence electrons. The zero-order valence-electron chi connectivity index (χ0n) is 14.4. The van der Waals surface area contributed by atoms with Crippen LogP contribution in [0.3, 0.4) is 0 Å². The Balaban J connectivity index is 2.66. The van der Waals surface area contributed by atoms with Gasteiger partial charge >= 0.3 is 5.97 Å². The van der Waals surface area contributed by atoms with E-state index in [1.807, 2.05) is 0 Å². The van der Waals surface area contributed by atoms with Crippen LogP contribution in [0.1, 0.15) is 26.3 Å². The number of nitro groups is 1. The molecule has 0 heterocycles. The van der Waals surface area contributed by atoms with Crippen molar-refractivity contribution in [2.24, 2.45) is 5.41 Å². The van der Waals surface area contributed by atoms with Gasteiger partial charge in [0.05, 0.1) is 15.9 Å². The number of carbonyl (C=O) groups is 1. The predicted octanol–water partition coefficient (Wildman–Crippen LogP) is 0.655. The Kier molecular flexibility index (Phi) is 5.10. The molecule has 2 aromatic rings. The maximum absolute atomic E-state index is 11.9. The van der Waals surface area contributed by atoms with Crippen LogP contribution in [0.15, 0.2) is 12.1 Å². The lowest BCUT2D eigenvalue weighted by Gasteiger charge is -2.17. The second-order valence-corrected chi connectivity index (χ2v) is 7.82. The highest BCUT2D eigenvalue weighted by atomic mass is 28.2. The summed E-state index contributed by atoms with van der Waals surface area (Å²) in [6, 6.07) is 2.28. The highest BCUT2D eigenvalue weighted by Gasteiger charge is 2.26. The van der Waals surface area contributed by atoms with E-state index in [1.54, 1.807) is 20.8 Å². The first-order valence-electron chi connectivity index (χ1n) is 7.63. The molecule has 2 aromatic carbocycles. The molecule has 0 saturated carbocycles. The van der Waals surface area contributed by atoms with Crippen LogP contribution in [-0.4, -0.2) is 40.8 Å². The lowest BCUT2D eigenvalue weighted by atomic mass is 9.97. The molecular formula is C16H19NO8Si. The second-order valence-electron chi connectivity index (χ2n) is 6.79. The van der Waals surface area contributed by atoms with Gasteiger partial charge in [0, 0.05) is 16.6 Å². The first-order valence-corrected chi connectivity index (χ1v) is 8.97. The number of hydrogen-bond acceptors (Lipinski definition) is 8. The lowest BCUT2D eigenvalue weighted by Crippen LogP contribution is -2.23. The summed E-state index contributed by atoms with van der Waals surface area (Å²) in [6.07, 6.45) is 0. The van der Waals surface area contributed by atoms with Crippen molar-refractivity contribution in [3.05, 3.63) is 27.8 Å². The molecule has 0 aliphatic carbocycles. The normalized spacial score (nSPS) is 12.0. The highest BCUT2D eigenvalue weighted by molar-refractivity contribution is 6.52. The molecule has 0 radical (unpaired) electrons. The van der Waals surface area contributed by atoms with Gasteiger partial charge in [-0.3, -0.25) is 14.9 Å². The maximum Gasteiger partial charge on any atom is 0.311 e. The topological polar surface area (TPSA) is 150 Å². The number of esters is 1. The predicted molar refractivity (Wildman–Crippen MR) is 95.2 cm³/mol. The molecule has 0 aliphatic heterocycles. The fourth-order valence-electron chi connectivity index (χ4n) is 2.39. The molecule has 0 atom stereocenters. The largest absolute Gasteiger partial charge is 0.504 e. The van der Waals surface area contributed by atoms with Gasteiger partial charge in [-0.25, -0.2) is 0 Å². The Hall–Kier alpha value is -2.85. The van der Waals surface area contributed by atoms with Gasteiger partial charge in [-0.05, 0) is 32.2 Å². The summed E-state index contributed by atoms with van der Waals surface area (Å²) < 4.78 is 5.12. The zero-order chi connectivity index (χ0) is 19.8.